The molecule has 0 spiro atoms. The van der Waals surface area contributed by atoms with Gasteiger partial charge in [0, 0.05) is 24.5 Å². The summed E-state index contributed by atoms with van der Waals surface area (Å²) in [7, 11) is 0. The van der Waals surface area contributed by atoms with Gasteiger partial charge in [0.15, 0.2) is 0 Å². The monoisotopic (exact) mass is 230 g/mol. The van der Waals surface area contributed by atoms with Gasteiger partial charge in [-0.05, 0) is 19.4 Å². The first kappa shape index (κ1) is 12.1. The zero-order chi connectivity index (χ0) is 11.5. The van der Waals surface area contributed by atoms with Crippen LogP contribution < -0.4 is 5.32 Å². The highest BCUT2D eigenvalue weighted by molar-refractivity contribution is 7.13. The van der Waals surface area contributed by atoms with Crippen LogP contribution in [0.15, 0.2) is 11.4 Å². The SMILES string of the molecule is CC(C)(O)CNCc1csc([N+](=O)[O-])c1. The molecule has 0 saturated carbocycles. The second kappa shape index (κ2) is 4.69. The Morgan fingerprint density at radius 1 is 1.67 bits per heavy atom. The summed E-state index contributed by atoms with van der Waals surface area (Å²) in [5.74, 6) is 0. The molecular formula is C9H14N2O3S. The molecule has 0 aliphatic carbocycles. The predicted molar refractivity (Wildman–Crippen MR) is 59.0 cm³/mol. The van der Waals surface area contributed by atoms with Gasteiger partial charge in [0.1, 0.15) is 0 Å². The van der Waals surface area contributed by atoms with Crippen LogP contribution in [-0.2, 0) is 6.54 Å². The number of thiophene rings is 1. The lowest BCUT2D eigenvalue weighted by Crippen LogP contribution is -2.34. The summed E-state index contributed by atoms with van der Waals surface area (Å²) in [5, 5.41) is 24.7. The first-order chi connectivity index (χ1) is 6.88. The van der Waals surface area contributed by atoms with Gasteiger partial charge >= 0.3 is 5.00 Å². The zero-order valence-corrected chi connectivity index (χ0v) is 9.50. The van der Waals surface area contributed by atoms with Crippen molar-refractivity contribution in [3.63, 3.8) is 0 Å². The first-order valence-corrected chi connectivity index (χ1v) is 5.41. The Morgan fingerprint density at radius 2 is 2.33 bits per heavy atom. The number of rotatable bonds is 5. The fraction of sp³-hybridized carbons (Fsp3) is 0.556. The molecule has 0 amide bonds. The van der Waals surface area contributed by atoms with Crippen molar-refractivity contribution in [2.24, 2.45) is 0 Å². The van der Waals surface area contributed by atoms with Crippen molar-refractivity contribution in [1.29, 1.82) is 0 Å². The maximum absolute atomic E-state index is 10.4. The van der Waals surface area contributed by atoms with E-state index < -0.39 is 10.5 Å². The summed E-state index contributed by atoms with van der Waals surface area (Å²) in [4.78, 5) is 10.0. The van der Waals surface area contributed by atoms with Crippen LogP contribution in [-0.4, -0.2) is 22.2 Å². The standard InChI is InChI=1S/C9H14N2O3S/c1-9(2,12)6-10-4-7-3-8(11(13)14)15-5-7/h3,5,10,12H,4,6H2,1-2H3. The summed E-state index contributed by atoms with van der Waals surface area (Å²) in [5.41, 5.74) is 0.109. The van der Waals surface area contributed by atoms with E-state index in [0.29, 0.717) is 13.1 Å². The molecule has 0 radical (unpaired) electrons. The molecule has 1 heterocycles. The minimum Gasteiger partial charge on any atom is -0.389 e. The molecule has 0 aliphatic heterocycles. The maximum atomic E-state index is 10.4. The first-order valence-electron chi connectivity index (χ1n) is 4.53. The van der Waals surface area contributed by atoms with Crippen molar-refractivity contribution in [2.45, 2.75) is 26.0 Å². The van der Waals surface area contributed by atoms with Gasteiger partial charge in [0.05, 0.1) is 10.5 Å². The van der Waals surface area contributed by atoms with E-state index in [1.54, 1.807) is 25.3 Å². The van der Waals surface area contributed by atoms with Crippen molar-refractivity contribution in [2.75, 3.05) is 6.54 Å². The molecule has 84 valence electrons. The Kier molecular flexibility index (Phi) is 3.78. The molecule has 5 nitrogen and oxygen atoms in total. The highest BCUT2D eigenvalue weighted by atomic mass is 32.1. The molecule has 6 heteroatoms. The average molecular weight is 230 g/mol. The van der Waals surface area contributed by atoms with Crippen LogP contribution in [0.1, 0.15) is 19.4 Å². The average Bonchev–Trinajstić information content (AvgIpc) is 2.50. The molecule has 0 fully saturated rings. The maximum Gasteiger partial charge on any atom is 0.324 e. The molecule has 0 aromatic carbocycles. The van der Waals surface area contributed by atoms with Gasteiger partial charge in [0.25, 0.3) is 0 Å². The van der Waals surface area contributed by atoms with Gasteiger partial charge in [-0.15, -0.1) is 0 Å². The fourth-order valence-corrected chi connectivity index (χ4v) is 1.79. The van der Waals surface area contributed by atoms with Crippen LogP contribution in [0.4, 0.5) is 5.00 Å². The number of hydrogen-bond acceptors (Lipinski definition) is 5. The quantitative estimate of drug-likeness (QED) is 0.594. The van der Waals surface area contributed by atoms with Crippen LogP contribution in [0.3, 0.4) is 0 Å². The summed E-state index contributed by atoms with van der Waals surface area (Å²) in [6, 6.07) is 1.54. The summed E-state index contributed by atoms with van der Waals surface area (Å²) in [6.07, 6.45) is 0. The molecule has 1 aromatic rings. The Labute approximate surface area is 91.9 Å². The Bertz CT molecular complexity index is 343. The van der Waals surface area contributed by atoms with Crippen LogP contribution in [0, 0.1) is 10.1 Å². The topological polar surface area (TPSA) is 75.4 Å². The number of aliphatic hydroxyl groups is 1. The van der Waals surface area contributed by atoms with Gasteiger partial charge in [-0.1, -0.05) is 11.3 Å². The normalized spacial score (nSPS) is 11.7. The van der Waals surface area contributed by atoms with Gasteiger partial charge in [-0.25, -0.2) is 0 Å². The number of nitro groups is 1. The lowest BCUT2D eigenvalue weighted by atomic mass is 10.1. The van der Waals surface area contributed by atoms with E-state index in [4.69, 9.17) is 0 Å². The highest BCUT2D eigenvalue weighted by Gasteiger charge is 2.13. The van der Waals surface area contributed by atoms with E-state index in [1.807, 2.05) is 0 Å². The molecule has 0 atom stereocenters. The summed E-state index contributed by atoms with van der Waals surface area (Å²) >= 11 is 1.11. The molecule has 0 aliphatic rings. The zero-order valence-electron chi connectivity index (χ0n) is 8.69. The molecule has 15 heavy (non-hydrogen) atoms. The molecule has 0 saturated heterocycles. The minimum absolute atomic E-state index is 0.148. The molecule has 0 unspecified atom stereocenters. The number of nitrogens with one attached hydrogen (secondary N) is 1. The molecule has 2 N–H and O–H groups in total. The van der Waals surface area contributed by atoms with Gasteiger partial charge < -0.3 is 10.4 Å². The van der Waals surface area contributed by atoms with E-state index in [-0.39, 0.29) is 5.00 Å². The minimum atomic E-state index is -0.762. The van der Waals surface area contributed by atoms with E-state index in [2.05, 4.69) is 5.32 Å². The smallest absolute Gasteiger partial charge is 0.324 e. The second-order valence-corrected chi connectivity index (χ2v) is 4.86. The third kappa shape index (κ3) is 4.37. The lowest BCUT2D eigenvalue weighted by Gasteiger charge is -2.17. The van der Waals surface area contributed by atoms with E-state index in [1.165, 1.54) is 0 Å². The third-order valence-corrected chi connectivity index (χ3v) is 2.64. The van der Waals surface area contributed by atoms with Crippen LogP contribution >= 0.6 is 11.3 Å². The molecule has 0 bridgehead atoms. The van der Waals surface area contributed by atoms with E-state index in [9.17, 15) is 15.2 Å². The Morgan fingerprint density at radius 3 is 2.80 bits per heavy atom. The van der Waals surface area contributed by atoms with Crippen LogP contribution in [0.5, 0.6) is 0 Å². The Hall–Kier alpha value is -0.980. The third-order valence-electron chi connectivity index (χ3n) is 1.71. The van der Waals surface area contributed by atoms with E-state index >= 15 is 0 Å². The second-order valence-electron chi connectivity index (χ2n) is 3.97. The molecule has 1 aromatic heterocycles. The van der Waals surface area contributed by atoms with E-state index in [0.717, 1.165) is 16.9 Å². The van der Waals surface area contributed by atoms with Crippen molar-refractivity contribution in [3.8, 4) is 0 Å². The largest absolute Gasteiger partial charge is 0.389 e. The summed E-state index contributed by atoms with van der Waals surface area (Å²) < 4.78 is 0. The van der Waals surface area contributed by atoms with Gasteiger partial charge in [0.2, 0.25) is 0 Å². The van der Waals surface area contributed by atoms with Gasteiger partial charge in [-0.2, -0.15) is 0 Å². The number of hydrogen-bond donors (Lipinski definition) is 2. The predicted octanol–water partition coefficient (Wildman–Crippen LogP) is 1.52. The highest BCUT2D eigenvalue weighted by Crippen LogP contribution is 2.22. The van der Waals surface area contributed by atoms with Gasteiger partial charge in [-0.3, -0.25) is 10.1 Å². The van der Waals surface area contributed by atoms with Crippen molar-refractivity contribution < 1.29 is 10.0 Å². The molecular weight excluding hydrogens is 216 g/mol. The number of nitrogens with zero attached hydrogens (tertiary/aromatic N) is 1. The van der Waals surface area contributed by atoms with Crippen LogP contribution in [0.2, 0.25) is 0 Å². The van der Waals surface area contributed by atoms with Crippen molar-refractivity contribution >= 4 is 16.3 Å². The lowest BCUT2D eigenvalue weighted by molar-refractivity contribution is -0.380. The summed E-state index contributed by atoms with van der Waals surface area (Å²) in [6.45, 7) is 4.40. The van der Waals surface area contributed by atoms with Crippen molar-refractivity contribution in [3.05, 3.63) is 27.1 Å². The fourth-order valence-electron chi connectivity index (χ4n) is 1.06. The Balaban J connectivity index is 2.41. The molecule has 1 rings (SSSR count). The van der Waals surface area contributed by atoms with Crippen molar-refractivity contribution in [1.82, 2.24) is 5.32 Å². The van der Waals surface area contributed by atoms with Crippen LogP contribution in [0.25, 0.3) is 0 Å².